The molecule has 0 fully saturated rings. The number of aryl methyl sites for hydroxylation is 1. The van der Waals surface area contributed by atoms with Crippen molar-refractivity contribution in [2.45, 2.75) is 90.9 Å². The van der Waals surface area contributed by atoms with E-state index in [2.05, 4.69) is 74.2 Å². The summed E-state index contributed by atoms with van der Waals surface area (Å²) in [6, 6.07) is 17.2. The first-order valence-electron chi connectivity index (χ1n) is 13.9. The van der Waals surface area contributed by atoms with Crippen LogP contribution in [0.1, 0.15) is 101 Å². The Labute approximate surface area is 219 Å². The van der Waals surface area contributed by atoms with Crippen molar-refractivity contribution in [3.05, 3.63) is 77.4 Å². The average Bonchev–Trinajstić information content (AvgIpc) is 2.90. The van der Waals surface area contributed by atoms with E-state index in [-0.39, 0.29) is 5.97 Å². The lowest BCUT2D eigenvalue weighted by Gasteiger charge is -2.07. The molecule has 36 heavy (non-hydrogen) atoms. The van der Waals surface area contributed by atoms with Gasteiger partial charge in [-0.25, -0.2) is 4.79 Å². The first kappa shape index (κ1) is 29.4. The number of unbranched alkanes of at least 4 members (excludes halogenated alkanes) is 9. The zero-order valence-corrected chi connectivity index (χ0v) is 22.6. The molecular weight excluding hydrogens is 444 g/mol. The van der Waals surface area contributed by atoms with E-state index in [0.29, 0.717) is 12.2 Å². The summed E-state index contributed by atoms with van der Waals surface area (Å²) in [6.45, 7) is 8.79. The molecule has 0 heterocycles. The summed E-state index contributed by atoms with van der Waals surface area (Å²) >= 11 is 0. The van der Waals surface area contributed by atoms with E-state index in [9.17, 15) is 4.79 Å². The highest BCUT2D eigenvalue weighted by Gasteiger charge is 2.02. The Morgan fingerprint density at radius 2 is 1.22 bits per heavy atom. The SMILES string of the molecule is C=C(C)C(=O)OCCCCCCCCCCCOc1ccc(C=Cc2ccc(CCCC)cc2)cc1. The van der Waals surface area contributed by atoms with Crippen LogP contribution in [0.25, 0.3) is 12.2 Å². The second-order valence-corrected chi connectivity index (χ2v) is 9.69. The van der Waals surface area contributed by atoms with Gasteiger partial charge in [-0.1, -0.05) is 113 Å². The van der Waals surface area contributed by atoms with Crippen molar-refractivity contribution < 1.29 is 14.3 Å². The van der Waals surface area contributed by atoms with Crippen molar-refractivity contribution >= 4 is 18.1 Å². The highest BCUT2D eigenvalue weighted by Crippen LogP contribution is 2.16. The molecule has 196 valence electrons. The van der Waals surface area contributed by atoms with Gasteiger partial charge in [0.15, 0.2) is 0 Å². The van der Waals surface area contributed by atoms with Crippen LogP contribution in [0.3, 0.4) is 0 Å². The second-order valence-electron chi connectivity index (χ2n) is 9.69. The normalized spacial score (nSPS) is 11.1. The summed E-state index contributed by atoms with van der Waals surface area (Å²) in [5.41, 5.74) is 4.31. The predicted octanol–water partition coefficient (Wildman–Crippen LogP) is 9.21. The summed E-state index contributed by atoms with van der Waals surface area (Å²) < 4.78 is 11.0. The third-order valence-electron chi connectivity index (χ3n) is 6.29. The van der Waals surface area contributed by atoms with Gasteiger partial charge in [0.25, 0.3) is 0 Å². The van der Waals surface area contributed by atoms with Gasteiger partial charge in [0.05, 0.1) is 13.2 Å². The third-order valence-corrected chi connectivity index (χ3v) is 6.29. The number of carbonyl (C=O) groups is 1. The van der Waals surface area contributed by atoms with Crippen molar-refractivity contribution in [1.29, 1.82) is 0 Å². The fourth-order valence-electron chi connectivity index (χ4n) is 3.96. The van der Waals surface area contributed by atoms with Crippen LogP contribution >= 0.6 is 0 Å². The maximum Gasteiger partial charge on any atom is 0.333 e. The molecule has 0 spiro atoms. The minimum absolute atomic E-state index is 0.275. The van der Waals surface area contributed by atoms with Crippen molar-refractivity contribution in [1.82, 2.24) is 0 Å². The van der Waals surface area contributed by atoms with Crippen molar-refractivity contribution in [2.75, 3.05) is 13.2 Å². The molecular formula is C33H46O3. The average molecular weight is 491 g/mol. The molecule has 0 aliphatic rings. The largest absolute Gasteiger partial charge is 0.494 e. The van der Waals surface area contributed by atoms with Crippen LogP contribution in [-0.2, 0) is 16.0 Å². The Kier molecular flexibility index (Phi) is 15.1. The molecule has 0 bridgehead atoms. The summed E-state index contributed by atoms with van der Waals surface area (Å²) in [5, 5.41) is 0. The lowest BCUT2D eigenvalue weighted by atomic mass is 10.1. The van der Waals surface area contributed by atoms with E-state index >= 15 is 0 Å². The van der Waals surface area contributed by atoms with Gasteiger partial charge in [-0.2, -0.15) is 0 Å². The van der Waals surface area contributed by atoms with E-state index in [4.69, 9.17) is 9.47 Å². The van der Waals surface area contributed by atoms with Crippen LogP contribution in [0.4, 0.5) is 0 Å². The van der Waals surface area contributed by atoms with Crippen LogP contribution in [0, 0.1) is 0 Å². The fourth-order valence-corrected chi connectivity index (χ4v) is 3.96. The Morgan fingerprint density at radius 1 is 0.722 bits per heavy atom. The van der Waals surface area contributed by atoms with E-state index in [1.807, 2.05) is 0 Å². The Bertz CT molecular complexity index is 894. The molecule has 2 aromatic carbocycles. The number of rotatable bonds is 19. The van der Waals surface area contributed by atoms with Gasteiger partial charge in [0, 0.05) is 5.57 Å². The zero-order chi connectivity index (χ0) is 25.8. The summed E-state index contributed by atoms with van der Waals surface area (Å²) in [7, 11) is 0. The second kappa shape index (κ2) is 18.5. The summed E-state index contributed by atoms with van der Waals surface area (Å²) in [4.78, 5) is 11.3. The van der Waals surface area contributed by atoms with Crippen LogP contribution in [0.5, 0.6) is 5.75 Å². The Hall–Kier alpha value is -2.81. The molecule has 2 aromatic rings. The molecule has 0 aliphatic heterocycles. The molecule has 0 atom stereocenters. The van der Waals surface area contributed by atoms with Gasteiger partial charge in [-0.05, 0) is 61.4 Å². The van der Waals surface area contributed by atoms with Crippen LogP contribution in [-0.4, -0.2) is 19.2 Å². The predicted molar refractivity (Wildman–Crippen MR) is 153 cm³/mol. The fraction of sp³-hybridized carbons (Fsp3) is 0.485. The Balaban J connectivity index is 1.47. The summed E-state index contributed by atoms with van der Waals surface area (Å²) in [5.74, 6) is 0.671. The maximum absolute atomic E-state index is 11.3. The highest BCUT2D eigenvalue weighted by atomic mass is 16.5. The first-order valence-corrected chi connectivity index (χ1v) is 13.9. The van der Waals surface area contributed by atoms with E-state index < -0.39 is 0 Å². The van der Waals surface area contributed by atoms with Crippen molar-refractivity contribution in [2.24, 2.45) is 0 Å². The van der Waals surface area contributed by atoms with Gasteiger partial charge >= 0.3 is 5.97 Å². The molecule has 3 heteroatoms. The van der Waals surface area contributed by atoms with Crippen LogP contribution in [0.2, 0.25) is 0 Å². The number of carbonyl (C=O) groups excluding carboxylic acids is 1. The van der Waals surface area contributed by atoms with Gasteiger partial charge in [-0.3, -0.25) is 0 Å². The lowest BCUT2D eigenvalue weighted by molar-refractivity contribution is -0.139. The maximum atomic E-state index is 11.3. The molecule has 0 saturated carbocycles. The molecule has 2 rings (SSSR count). The van der Waals surface area contributed by atoms with Crippen LogP contribution in [0.15, 0.2) is 60.7 Å². The number of esters is 1. The molecule has 0 saturated heterocycles. The van der Waals surface area contributed by atoms with Crippen LogP contribution < -0.4 is 4.74 Å². The number of benzene rings is 2. The van der Waals surface area contributed by atoms with Gasteiger partial charge in [-0.15, -0.1) is 0 Å². The quantitative estimate of drug-likeness (QED) is 0.0852. The van der Waals surface area contributed by atoms with Gasteiger partial charge in [0.1, 0.15) is 5.75 Å². The minimum Gasteiger partial charge on any atom is -0.494 e. The van der Waals surface area contributed by atoms with E-state index in [1.165, 1.54) is 74.5 Å². The smallest absolute Gasteiger partial charge is 0.333 e. The number of hydrogen-bond acceptors (Lipinski definition) is 3. The minimum atomic E-state index is -0.275. The molecule has 0 radical (unpaired) electrons. The number of ether oxygens (including phenoxy) is 2. The van der Waals surface area contributed by atoms with E-state index in [1.54, 1.807) is 6.92 Å². The lowest BCUT2D eigenvalue weighted by Crippen LogP contribution is -2.05. The molecule has 0 aromatic heterocycles. The molecule has 0 N–H and O–H groups in total. The van der Waals surface area contributed by atoms with Gasteiger partial charge < -0.3 is 9.47 Å². The van der Waals surface area contributed by atoms with Crippen molar-refractivity contribution in [3.63, 3.8) is 0 Å². The van der Waals surface area contributed by atoms with Crippen molar-refractivity contribution in [3.8, 4) is 5.75 Å². The monoisotopic (exact) mass is 490 g/mol. The van der Waals surface area contributed by atoms with E-state index in [0.717, 1.165) is 31.6 Å². The standard InChI is InChI=1S/C33H46O3/c1-4-5-15-29-16-18-30(19-17-29)20-21-31-22-24-32(25-23-31)35-26-13-11-9-7-6-8-10-12-14-27-36-33(34)28(2)3/h16-25H,2,4-15,26-27H2,1,3H3. The highest BCUT2D eigenvalue weighted by molar-refractivity contribution is 5.86. The third kappa shape index (κ3) is 13.3. The Morgan fingerprint density at radius 3 is 1.75 bits per heavy atom. The molecule has 3 nitrogen and oxygen atoms in total. The number of hydrogen-bond donors (Lipinski definition) is 0. The zero-order valence-electron chi connectivity index (χ0n) is 22.6. The molecule has 0 amide bonds. The summed E-state index contributed by atoms with van der Waals surface area (Å²) in [6.07, 6.45) is 18.7. The molecule has 0 unspecified atom stereocenters. The molecule has 0 aliphatic carbocycles. The first-order chi connectivity index (χ1) is 17.6. The van der Waals surface area contributed by atoms with Gasteiger partial charge in [0.2, 0.25) is 0 Å². The topological polar surface area (TPSA) is 35.5 Å².